The lowest BCUT2D eigenvalue weighted by molar-refractivity contribution is -0.200. The first-order valence-corrected chi connectivity index (χ1v) is 8.91. The van der Waals surface area contributed by atoms with Gasteiger partial charge in [0.2, 0.25) is 0 Å². The van der Waals surface area contributed by atoms with Gasteiger partial charge in [-0.2, -0.15) is 0 Å². The summed E-state index contributed by atoms with van der Waals surface area (Å²) in [5.74, 6) is -0.644. The molecule has 0 spiro atoms. The Kier molecular flexibility index (Phi) is 12.1. The molecular formula is C19H38O4. The summed E-state index contributed by atoms with van der Waals surface area (Å²) in [7, 11) is 0. The summed E-state index contributed by atoms with van der Waals surface area (Å²) in [5, 5.41) is 0. The van der Waals surface area contributed by atoms with Crippen LogP contribution in [0.15, 0.2) is 0 Å². The Labute approximate surface area is 143 Å². The summed E-state index contributed by atoms with van der Waals surface area (Å²) < 4.78 is 10.9. The Bertz CT molecular complexity index is 339. The van der Waals surface area contributed by atoms with E-state index in [2.05, 4.69) is 27.7 Å². The van der Waals surface area contributed by atoms with Crippen molar-refractivity contribution in [2.75, 3.05) is 0 Å². The molecule has 0 aromatic rings. The van der Waals surface area contributed by atoms with Crippen LogP contribution in [0.1, 0.15) is 94.4 Å². The number of hydrogen-bond acceptors (Lipinski definition) is 4. The average molecular weight is 331 g/mol. The maximum atomic E-state index is 12.3. The van der Waals surface area contributed by atoms with Crippen molar-refractivity contribution in [2.24, 2.45) is 5.92 Å². The van der Waals surface area contributed by atoms with E-state index in [1.807, 2.05) is 0 Å². The maximum absolute atomic E-state index is 12.3. The van der Waals surface area contributed by atoms with Gasteiger partial charge in [-0.3, -0.25) is 9.59 Å². The molecule has 0 bridgehead atoms. The van der Waals surface area contributed by atoms with E-state index in [9.17, 15) is 9.59 Å². The summed E-state index contributed by atoms with van der Waals surface area (Å²) in [5.41, 5.74) is -1.73. The van der Waals surface area contributed by atoms with Crippen LogP contribution in [0, 0.1) is 5.92 Å². The normalized spacial score (nSPS) is 11.6. The number of rotatable bonds is 8. The lowest BCUT2D eigenvalue weighted by atomic mass is 9.88. The molecule has 0 atom stereocenters. The second-order valence-corrected chi connectivity index (χ2v) is 7.02. The molecule has 0 amide bonds. The van der Waals surface area contributed by atoms with Crippen molar-refractivity contribution in [1.82, 2.24) is 0 Å². The molecule has 23 heavy (non-hydrogen) atoms. The van der Waals surface area contributed by atoms with Gasteiger partial charge in [-0.1, -0.05) is 47.0 Å². The molecule has 4 heteroatoms. The van der Waals surface area contributed by atoms with Gasteiger partial charge in [0, 0.05) is 6.92 Å². The molecule has 0 N–H and O–H groups in total. The molecule has 0 aliphatic carbocycles. The van der Waals surface area contributed by atoms with Crippen molar-refractivity contribution in [3.05, 3.63) is 0 Å². The van der Waals surface area contributed by atoms with E-state index < -0.39 is 11.2 Å². The van der Waals surface area contributed by atoms with E-state index in [0.29, 0.717) is 0 Å². The molecule has 0 aliphatic rings. The standard InChI is InChI=1S/C16H30O4.C3H8/c1-8-10-13(11-9-2)14(18)20-16(6,7)15(4,5)19-12(3)17;1-3-2/h13H,8-11H2,1-7H3;3H2,1-2H3. The SMILES string of the molecule is CCC.CCCC(CCC)C(=O)OC(C)(C)C(C)(C)OC(C)=O. The fourth-order valence-electron chi connectivity index (χ4n) is 2.02. The third-order valence-electron chi connectivity index (χ3n) is 3.81. The lowest BCUT2D eigenvalue weighted by Crippen LogP contribution is -2.51. The summed E-state index contributed by atoms with van der Waals surface area (Å²) in [6.45, 7) is 16.8. The number of esters is 2. The molecule has 0 unspecified atom stereocenters. The lowest BCUT2D eigenvalue weighted by Gasteiger charge is -2.40. The van der Waals surface area contributed by atoms with Crippen molar-refractivity contribution in [3.8, 4) is 0 Å². The predicted molar refractivity (Wildman–Crippen MR) is 95.3 cm³/mol. The summed E-state index contributed by atoms with van der Waals surface area (Å²) in [6.07, 6.45) is 4.81. The fourth-order valence-corrected chi connectivity index (χ4v) is 2.02. The zero-order chi connectivity index (χ0) is 18.7. The van der Waals surface area contributed by atoms with Gasteiger partial charge < -0.3 is 9.47 Å². The molecule has 0 heterocycles. The molecule has 4 nitrogen and oxygen atoms in total. The Morgan fingerprint density at radius 3 is 1.48 bits per heavy atom. The molecule has 0 aliphatic heterocycles. The molecular weight excluding hydrogens is 292 g/mol. The highest BCUT2D eigenvalue weighted by molar-refractivity contribution is 5.73. The van der Waals surface area contributed by atoms with Crippen molar-refractivity contribution >= 4 is 11.9 Å². The average Bonchev–Trinajstić information content (AvgIpc) is 2.37. The van der Waals surface area contributed by atoms with Gasteiger partial charge in [-0.15, -0.1) is 0 Å². The maximum Gasteiger partial charge on any atom is 0.309 e. The Morgan fingerprint density at radius 1 is 0.826 bits per heavy atom. The zero-order valence-electron chi connectivity index (χ0n) is 16.7. The van der Waals surface area contributed by atoms with E-state index in [0.717, 1.165) is 25.7 Å². The first kappa shape index (κ1) is 24.2. The van der Waals surface area contributed by atoms with Gasteiger partial charge in [-0.05, 0) is 40.5 Å². The van der Waals surface area contributed by atoms with Crippen LogP contribution in [0.2, 0.25) is 0 Å². The van der Waals surface area contributed by atoms with E-state index in [1.54, 1.807) is 27.7 Å². The summed E-state index contributed by atoms with van der Waals surface area (Å²) in [4.78, 5) is 23.5. The van der Waals surface area contributed by atoms with Crippen LogP contribution in [0.4, 0.5) is 0 Å². The number of hydrogen-bond donors (Lipinski definition) is 0. The Balaban J connectivity index is 0. The van der Waals surface area contributed by atoms with Crippen LogP contribution in [0.25, 0.3) is 0 Å². The van der Waals surface area contributed by atoms with E-state index >= 15 is 0 Å². The minimum atomic E-state index is -0.866. The number of ether oxygens (including phenoxy) is 2. The third-order valence-corrected chi connectivity index (χ3v) is 3.81. The van der Waals surface area contributed by atoms with Gasteiger partial charge in [0.25, 0.3) is 0 Å². The van der Waals surface area contributed by atoms with Crippen molar-refractivity contribution in [1.29, 1.82) is 0 Å². The van der Waals surface area contributed by atoms with Crippen molar-refractivity contribution in [3.63, 3.8) is 0 Å². The van der Waals surface area contributed by atoms with Crippen LogP contribution in [-0.2, 0) is 19.1 Å². The van der Waals surface area contributed by atoms with E-state index in [-0.39, 0.29) is 17.9 Å². The van der Waals surface area contributed by atoms with E-state index in [4.69, 9.17) is 9.47 Å². The Hall–Kier alpha value is -1.06. The summed E-state index contributed by atoms with van der Waals surface area (Å²) >= 11 is 0. The number of carbonyl (C=O) groups is 2. The molecule has 0 fully saturated rings. The minimum Gasteiger partial charge on any atom is -0.456 e. The molecule has 0 saturated heterocycles. The first-order chi connectivity index (χ1) is 10.5. The first-order valence-electron chi connectivity index (χ1n) is 8.91. The van der Waals surface area contributed by atoms with E-state index in [1.165, 1.54) is 13.3 Å². The topological polar surface area (TPSA) is 52.6 Å². The Morgan fingerprint density at radius 2 is 1.17 bits per heavy atom. The van der Waals surface area contributed by atoms with Gasteiger partial charge in [-0.25, -0.2) is 0 Å². The number of carbonyl (C=O) groups excluding carboxylic acids is 2. The summed E-state index contributed by atoms with van der Waals surface area (Å²) in [6, 6.07) is 0. The third kappa shape index (κ3) is 9.62. The van der Waals surface area contributed by atoms with Crippen molar-refractivity contribution < 1.29 is 19.1 Å². The molecule has 0 saturated carbocycles. The predicted octanol–water partition coefficient (Wildman–Crippen LogP) is 5.28. The highest BCUT2D eigenvalue weighted by Gasteiger charge is 2.44. The van der Waals surface area contributed by atoms with Gasteiger partial charge in [0.1, 0.15) is 11.2 Å². The molecule has 0 aromatic carbocycles. The van der Waals surface area contributed by atoms with Crippen LogP contribution < -0.4 is 0 Å². The second-order valence-electron chi connectivity index (χ2n) is 7.02. The highest BCUT2D eigenvalue weighted by atomic mass is 16.6. The van der Waals surface area contributed by atoms with Gasteiger partial charge >= 0.3 is 11.9 Å². The largest absolute Gasteiger partial charge is 0.456 e. The highest BCUT2D eigenvalue weighted by Crippen LogP contribution is 2.31. The van der Waals surface area contributed by atoms with Crippen LogP contribution in [-0.4, -0.2) is 23.1 Å². The second kappa shape index (κ2) is 11.5. The van der Waals surface area contributed by atoms with Crippen LogP contribution in [0.5, 0.6) is 0 Å². The van der Waals surface area contributed by atoms with Gasteiger partial charge in [0.15, 0.2) is 0 Å². The quantitative estimate of drug-likeness (QED) is 0.568. The van der Waals surface area contributed by atoms with Gasteiger partial charge in [0.05, 0.1) is 5.92 Å². The van der Waals surface area contributed by atoms with Crippen LogP contribution in [0.3, 0.4) is 0 Å². The monoisotopic (exact) mass is 330 g/mol. The minimum absolute atomic E-state index is 0.0718. The molecule has 0 aromatic heterocycles. The zero-order valence-corrected chi connectivity index (χ0v) is 16.7. The molecule has 0 rings (SSSR count). The molecule has 138 valence electrons. The van der Waals surface area contributed by atoms with Crippen molar-refractivity contribution in [2.45, 2.75) is 106 Å². The molecule has 0 radical (unpaired) electrons. The fraction of sp³-hybridized carbons (Fsp3) is 0.895. The smallest absolute Gasteiger partial charge is 0.309 e. The van der Waals surface area contributed by atoms with Crippen LogP contribution >= 0.6 is 0 Å².